The van der Waals surface area contributed by atoms with Crippen molar-refractivity contribution >= 4 is 27.3 Å². The Balaban J connectivity index is 1.84. The van der Waals surface area contributed by atoms with E-state index in [2.05, 4.69) is 5.16 Å². The van der Waals surface area contributed by atoms with Gasteiger partial charge in [-0.1, -0.05) is 11.6 Å². The number of rotatable bonds is 5. The Hall–Kier alpha value is -1.71. The number of hydrogen-bond donors (Lipinski definition) is 0. The zero-order valence-corrected chi connectivity index (χ0v) is 15.7. The highest BCUT2D eigenvalue weighted by Crippen LogP contribution is 2.34. The van der Waals surface area contributed by atoms with Crippen LogP contribution in [0.4, 0.5) is 0 Å². The number of piperidine rings is 1. The van der Waals surface area contributed by atoms with Crippen LogP contribution in [0.3, 0.4) is 0 Å². The minimum absolute atomic E-state index is 0.00463. The lowest BCUT2D eigenvalue weighted by molar-refractivity contribution is 0.0514. The van der Waals surface area contributed by atoms with Gasteiger partial charge in [-0.15, -0.1) is 11.3 Å². The molecular formula is C16H20N2O5S2. The second-order valence-electron chi connectivity index (χ2n) is 5.88. The largest absolute Gasteiger partial charge is 0.461 e. The third-order valence-corrected chi connectivity index (χ3v) is 7.70. The van der Waals surface area contributed by atoms with Gasteiger partial charge in [-0.05, 0) is 38.8 Å². The van der Waals surface area contributed by atoms with Crippen LogP contribution in [0.2, 0.25) is 0 Å². The van der Waals surface area contributed by atoms with Crippen molar-refractivity contribution < 1.29 is 22.5 Å². The van der Waals surface area contributed by atoms with E-state index in [1.807, 2.05) is 6.92 Å². The number of sulfonamides is 1. The van der Waals surface area contributed by atoms with Gasteiger partial charge in [-0.3, -0.25) is 0 Å². The van der Waals surface area contributed by atoms with Crippen LogP contribution in [0.1, 0.15) is 43.6 Å². The molecule has 2 aromatic rings. The summed E-state index contributed by atoms with van der Waals surface area (Å²) in [7, 11) is -3.52. The Morgan fingerprint density at radius 2 is 2.24 bits per heavy atom. The molecule has 3 rings (SSSR count). The number of thiophene rings is 1. The molecule has 0 unspecified atom stereocenters. The number of ether oxygens (including phenoxy) is 1. The summed E-state index contributed by atoms with van der Waals surface area (Å²) in [6.45, 7) is 4.44. The first-order valence-corrected chi connectivity index (χ1v) is 10.4. The smallest absolute Gasteiger partial charge is 0.360 e. The Bertz CT molecular complexity index is 856. The standard InChI is InChI=1S/C16H20N2O5S2/c1-3-22-16(19)12-10-13(23-17-12)14-7-8-15(24-14)25(20,21)18-9-5-4-6-11(18)2/h7-8,10-11H,3-6,9H2,1-2H3/t11-/m1/s1. The minimum atomic E-state index is -3.52. The number of carbonyl (C=O) groups excluding carboxylic acids is 1. The van der Waals surface area contributed by atoms with Gasteiger partial charge in [0.15, 0.2) is 11.5 Å². The molecule has 1 aliphatic heterocycles. The third-order valence-electron chi connectivity index (χ3n) is 4.12. The van der Waals surface area contributed by atoms with E-state index in [9.17, 15) is 13.2 Å². The average Bonchev–Trinajstić information content (AvgIpc) is 3.25. The van der Waals surface area contributed by atoms with Gasteiger partial charge in [0.05, 0.1) is 11.5 Å². The van der Waals surface area contributed by atoms with Gasteiger partial charge in [-0.2, -0.15) is 4.31 Å². The highest BCUT2D eigenvalue weighted by molar-refractivity contribution is 7.91. The Morgan fingerprint density at radius 1 is 1.44 bits per heavy atom. The van der Waals surface area contributed by atoms with E-state index in [4.69, 9.17) is 9.26 Å². The zero-order valence-electron chi connectivity index (χ0n) is 14.1. The van der Waals surface area contributed by atoms with E-state index in [-0.39, 0.29) is 22.6 Å². The number of aromatic nitrogens is 1. The van der Waals surface area contributed by atoms with Crippen molar-refractivity contribution in [2.75, 3.05) is 13.2 Å². The molecule has 0 radical (unpaired) electrons. The summed E-state index contributed by atoms with van der Waals surface area (Å²) in [5.41, 5.74) is 0.0688. The van der Waals surface area contributed by atoms with Gasteiger partial charge in [0, 0.05) is 18.7 Å². The van der Waals surface area contributed by atoms with Gasteiger partial charge < -0.3 is 9.26 Å². The number of esters is 1. The van der Waals surface area contributed by atoms with Crippen molar-refractivity contribution in [1.29, 1.82) is 0 Å². The van der Waals surface area contributed by atoms with E-state index in [0.29, 0.717) is 17.2 Å². The lowest BCUT2D eigenvalue weighted by atomic mass is 10.1. The summed E-state index contributed by atoms with van der Waals surface area (Å²) >= 11 is 1.11. The summed E-state index contributed by atoms with van der Waals surface area (Å²) < 4.78 is 37.6. The summed E-state index contributed by atoms with van der Waals surface area (Å²) in [4.78, 5) is 12.3. The molecule has 1 aliphatic rings. The third kappa shape index (κ3) is 3.63. The fourth-order valence-electron chi connectivity index (χ4n) is 2.83. The summed E-state index contributed by atoms with van der Waals surface area (Å²) in [6.07, 6.45) is 2.81. The van der Waals surface area contributed by atoms with Crippen LogP contribution in [0, 0.1) is 0 Å². The van der Waals surface area contributed by atoms with Gasteiger partial charge in [0.25, 0.3) is 10.0 Å². The number of nitrogens with zero attached hydrogens (tertiary/aromatic N) is 2. The molecule has 9 heteroatoms. The van der Waals surface area contributed by atoms with Crippen molar-refractivity contribution in [2.24, 2.45) is 0 Å². The average molecular weight is 384 g/mol. The van der Waals surface area contributed by atoms with Crippen molar-refractivity contribution in [3.8, 4) is 10.6 Å². The highest BCUT2D eigenvalue weighted by atomic mass is 32.2. The second kappa shape index (κ2) is 7.27. The first-order chi connectivity index (χ1) is 11.9. The van der Waals surface area contributed by atoms with Crippen molar-refractivity contribution in [2.45, 2.75) is 43.4 Å². The predicted molar refractivity (Wildman–Crippen MR) is 93.0 cm³/mol. The lowest BCUT2D eigenvalue weighted by Crippen LogP contribution is -2.41. The van der Waals surface area contributed by atoms with Crippen LogP contribution in [0.15, 0.2) is 26.9 Å². The zero-order chi connectivity index (χ0) is 18.0. The highest BCUT2D eigenvalue weighted by Gasteiger charge is 2.32. The lowest BCUT2D eigenvalue weighted by Gasteiger charge is -2.31. The van der Waals surface area contributed by atoms with E-state index in [1.165, 1.54) is 6.07 Å². The van der Waals surface area contributed by atoms with Gasteiger partial charge in [0.1, 0.15) is 4.21 Å². The van der Waals surface area contributed by atoms with Crippen LogP contribution in [-0.2, 0) is 14.8 Å². The monoisotopic (exact) mass is 384 g/mol. The molecule has 0 saturated carbocycles. The Morgan fingerprint density at radius 3 is 2.96 bits per heavy atom. The molecular weight excluding hydrogens is 364 g/mol. The van der Waals surface area contributed by atoms with Crippen molar-refractivity contribution in [3.63, 3.8) is 0 Å². The van der Waals surface area contributed by atoms with E-state index < -0.39 is 16.0 Å². The van der Waals surface area contributed by atoms with E-state index in [1.54, 1.807) is 23.4 Å². The van der Waals surface area contributed by atoms with Gasteiger partial charge >= 0.3 is 5.97 Å². The molecule has 2 aromatic heterocycles. The molecule has 1 fully saturated rings. The fourth-order valence-corrected chi connectivity index (χ4v) is 5.91. The van der Waals surface area contributed by atoms with Crippen LogP contribution in [-0.4, -0.2) is 43.0 Å². The van der Waals surface area contributed by atoms with Crippen LogP contribution in [0.25, 0.3) is 10.6 Å². The first kappa shape index (κ1) is 18.1. The molecule has 0 bridgehead atoms. The second-order valence-corrected chi connectivity index (χ2v) is 9.08. The molecule has 136 valence electrons. The van der Waals surface area contributed by atoms with Crippen molar-refractivity contribution in [3.05, 3.63) is 23.9 Å². The Kier molecular flexibility index (Phi) is 5.26. The summed E-state index contributed by atoms with van der Waals surface area (Å²) in [5.74, 6) is -0.217. The molecule has 25 heavy (non-hydrogen) atoms. The molecule has 0 aromatic carbocycles. The van der Waals surface area contributed by atoms with Crippen LogP contribution < -0.4 is 0 Å². The molecule has 1 saturated heterocycles. The summed E-state index contributed by atoms with van der Waals surface area (Å²) in [5, 5.41) is 3.68. The molecule has 0 amide bonds. The molecule has 0 N–H and O–H groups in total. The van der Waals surface area contributed by atoms with Gasteiger partial charge in [-0.25, -0.2) is 13.2 Å². The van der Waals surface area contributed by atoms with Crippen molar-refractivity contribution in [1.82, 2.24) is 9.46 Å². The van der Waals surface area contributed by atoms with Gasteiger partial charge in [0.2, 0.25) is 0 Å². The van der Waals surface area contributed by atoms with Crippen LogP contribution >= 0.6 is 11.3 Å². The van der Waals surface area contributed by atoms with E-state index in [0.717, 1.165) is 30.6 Å². The number of carbonyl (C=O) groups is 1. The maximum Gasteiger partial charge on any atom is 0.360 e. The maximum absolute atomic E-state index is 12.9. The molecule has 7 nitrogen and oxygen atoms in total. The Labute approximate surface area is 150 Å². The van der Waals surface area contributed by atoms with E-state index >= 15 is 0 Å². The SMILES string of the molecule is CCOC(=O)c1cc(-c2ccc(S(=O)(=O)N3CCCC[C@H]3C)s2)on1. The molecule has 3 heterocycles. The number of hydrogen-bond acceptors (Lipinski definition) is 7. The molecule has 1 atom stereocenters. The fraction of sp³-hybridized carbons (Fsp3) is 0.500. The van der Waals surface area contributed by atoms with Crippen LogP contribution in [0.5, 0.6) is 0 Å². The molecule has 0 spiro atoms. The maximum atomic E-state index is 12.9. The molecule has 0 aliphatic carbocycles. The predicted octanol–water partition coefficient (Wildman–Crippen LogP) is 3.14. The first-order valence-electron chi connectivity index (χ1n) is 8.19. The summed E-state index contributed by atoms with van der Waals surface area (Å²) in [6, 6.07) is 4.71. The topological polar surface area (TPSA) is 89.7 Å². The minimum Gasteiger partial charge on any atom is -0.461 e. The quantitative estimate of drug-likeness (QED) is 0.736. The normalized spacial score (nSPS) is 19.0.